The highest BCUT2D eigenvalue weighted by molar-refractivity contribution is 7.90. The van der Waals surface area contributed by atoms with Crippen molar-refractivity contribution in [1.29, 1.82) is 0 Å². The largest absolute Gasteiger partial charge is 0.491 e. The van der Waals surface area contributed by atoms with Crippen LogP contribution in [0.15, 0.2) is 47.4 Å². The molecule has 2 aromatic carbocycles. The number of hydrogen-bond acceptors (Lipinski definition) is 5. The summed E-state index contributed by atoms with van der Waals surface area (Å²) in [6.07, 6.45) is 3.01. The Kier molecular flexibility index (Phi) is 5.76. The van der Waals surface area contributed by atoms with Gasteiger partial charge in [0.2, 0.25) is 0 Å². The van der Waals surface area contributed by atoms with Gasteiger partial charge in [0.1, 0.15) is 18.2 Å². The molecular weight excluding hydrogens is 373 g/mol. The lowest BCUT2D eigenvalue weighted by Gasteiger charge is -2.12. The van der Waals surface area contributed by atoms with Gasteiger partial charge in [0.25, 0.3) is 5.91 Å². The highest BCUT2D eigenvalue weighted by Crippen LogP contribution is 2.22. The van der Waals surface area contributed by atoms with Gasteiger partial charge in [-0.3, -0.25) is 4.79 Å². The minimum Gasteiger partial charge on any atom is -0.491 e. The minimum atomic E-state index is -3.51. The van der Waals surface area contributed by atoms with E-state index in [2.05, 4.69) is 5.32 Å². The molecule has 6 nitrogen and oxygen atoms in total. The van der Waals surface area contributed by atoms with Crippen molar-refractivity contribution >= 4 is 21.4 Å². The summed E-state index contributed by atoms with van der Waals surface area (Å²) in [6, 6.07) is 9.74. The molecule has 0 saturated carbocycles. The van der Waals surface area contributed by atoms with E-state index in [1.54, 1.807) is 24.3 Å². The van der Waals surface area contributed by atoms with E-state index in [0.29, 0.717) is 12.4 Å². The van der Waals surface area contributed by atoms with Gasteiger partial charge in [-0.2, -0.15) is 0 Å². The summed E-state index contributed by atoms with van der Waals surface area (Å²) in [5.41, 5.74) is 0.0672. The van der Waals surface area contributed by atoms with Crippen molar-refractivity contribution in [2.24, 2.45) is 0 Å². The number of halogens is 1. The standard InChI is InChI=1S/C19H20FNO5S/c1-27(23,24)16-7-8-17(20)18(11-16)21-19(22)13-4-2-5-14(10-13)26-12-15-6-3-9-25-15/h2,4-5,7-8,10-11,15H,3,6,9,12H2,1H3,(H,21,22)/t15-/m1/s1. The van der Waals surface area contributed by atoms with Crippen LogP contribution in [0.3, 0.4) is 0 Å². The Hall–Kier alpha value is -2.45. The maximum Gasteiger partial charge on any atom is 0.255 e. The van der Waals surface area contributed by atoms with Crippen molar-refractivity contribution in [3.63, 3.8) is 0 Å². The van der Waals surface area contributed by atoms with Gasteiger partial charge in [-0.25, -0.2) is 12.8 Å². The maximum absolute atomic E-state index is 14.0. The summed E-state index contributed by atoms with van der Waals surface area (Å²) in [7, 11) is -3.51. The molecule has 1 atom stereocenters. The van der Waals surface area contributed by atoms with Crippen molar-refractivity contribution in [3.05, 3.63) is 53.8 Å². The Labute approximate surface area is 157 Å². The van der Waals surface area contributed by atoms with Gasteiger partial charge < -0.3 is 14.8 Å². The Bertz CT molecular complexity index is 939. The number of amides is 1. The third-order valence-corrected chi connectivity index (χ3v) is 5.28. The maximum atomic E-state index is 14.0. The first-order chi connectivity index (χ1) is 12.8. The SMILES string of the molecule is CS(=O)(=O)c1ccc(F)c(NC(=O)c2cccc(OC[C@H]3CCCO3)c2)c1. The zero-order valence-corrected chi connectivity index (χ0v) is 15.6. The van der Waals surface area contributed by atoms with Crippen LogP contribution in [0.1, 0.15) is 23.2 Å². The van der Waals surface area contributed by atoms with E-state index in [4.69, 9.17) is 9.47 Å². The van der Waals surface area contributed by atoms with Crippen LogP contribution in [0.2, 0.25) is 0 Å². The Balaban J connectivity index is 1.71. The van der Waals surface area contributed by atoms with E-state index < -0.39 is 21.6 Å². The predicted octanol–water partition coefficient (Wildman–Crippen LogP) is 3.04. The molecule has 1 aliphatic rings. The van der Waals surface area contributed by atoms with Gasteiger partial charge in [-0.05, 0) is 49.2 Å². The van der Waals surface area contributed by atoms with E-state index in [9.17, 15) is 17.6 Å². The Morgan fingerprint density at radius 3 is 2.81 bits per heavy atom. The summed E-state index contributed by atoms with van der Waals surface area (Å²) < 4.78 is 48.3. The monoisotopic (exact) mass is 393 g/mol. The van der Waals surface area contributed by atoms with Gasteiger partial charge in [0, 0.05) is 18.4 Å². The lowest BCUT2D eigenvalue weighted by Crippen LogP contribution is -2.17. The topological polar surface area (TPSA) is 81.7 Å². The molecule has 1 heterocycles. The van der Waals surface area contributed by atoms with Crippen LogP contribution in [0.25, 0.3) is 0 Å². The van der Waals surface area contributed by atoms with E-state index in [-0.39, 0.29) is 22.3 Å². The molecule has 0 aliphatic carbocycles. The minimum absolute atomic E-state index is 0.0512. The molecule has 0 radical (unpaired) electrons. The van der Waals surface area contributed by atoms with Crippen LogP contribution in [-0.2, 0) is 14.6 Å². The normalized spacial score (nSPS) is 16.9. The number of carbonyl (C=O) groups excluding carboxylic acids is 1. The molecule has 0 bridgehead atoms. The van der Waals surface area contributed by atoms with Gasteiger partial charge >= 0.3 is 0 Å². The van der Waals surface area contributed by atoms with Gasteiger partial charge in [0.05, 0.1) is 16.7 Å². The number of anilines is 1. The number of nitrogens with one attached hydrogen (secondary N) is 1. The van der Waals surface area contributed by atoms with Crippen LogP contribution in [0.5, 0.6) is 5.75 Å². The number of benzene rings is 2. The van der Waals surface area contributed by atoms with Crippen molar-refractivity contribution in [2.45, 2.75) is 23.8 Å². The molecule has 0 spiro atoms. The second-order valence-electron chi connectivity index (χ2n) is 6.34. The number of rotatable bonds is 6. The number of sulfone groups is 1. The average molecular weight is 393 g/mol. The summed E-state index contributed by atoms with van der Waals surface area (Å²) >= 11 is 0. The third-order valence-electron chi connectivity index (χ3n) is 4.17. The molecule has 3 rings (SSSR count). The number of ether oxygens (including phenoxy) is 2. The Morgan fingerprint density at radius 2 is 2.11 bits per heavy atom. The first kappa shape index (κ1) is 19.3. The van der Waals surface area contributed by atoms with Crippen LogP contribution in [-0.4, -0.2) is 39.9 Å². The summed E-state index contributed by atoms with van der Waals surface area (Å²) in [6.45, 7) is 1.13. The fraction of sp³-hybridized carbons (Fsp3) is 0.316. The molecule has 2 aromatic rings. The number of hydrogen-bond donors (Lipinski definition) is 1. The van der Waals surface area contributed by atoms with Crippen molar-refractivity contribution in [1.82, 2.24) is 0 Å². The van der Waals surface area contributed by atoms with E-state index >= 15 is 0 Å². The van der Waals surface area contributed by atoms with Gasteiger partial charge in [-0.15, -0.1) is 0 Å². The molecule has 1 N–H and O–H groups in total. The van der Waals surface area contributed by atoms with Crippen LogP contribution in [0, 0.1) is 5.82 Å². The fourth-order valence-corrected chi connectivity index (χ4v) is 3.36. The van der Waals surface area contributed by atoms with Gasteiger partial charge in [0.15, 0.2) is 9.84 Å². The van der Waals surface area contributed by atoms with Crippen molar-refractivity contribution in [3.8, 4) is 5.75 Å². The van der Waals surface area contributed by atoms with Crippen molar-refractivity contribution in [2.75, 3.05) is 24.8 Å². The average Bonchev–Trinajstić information content (AvgIpc) is 3.14. The molecule has 1 saturated heterocycles. The molecule has 144 valence electrons. The smallest absolute Gasteiger partial charge is 0.255 e. The highest BCUT2D eigenvalue weighted by atomic mass is 32.2. The predicted molar refractivity (Wildman–Crippen MR) is 98.4 cm³/mol. The van der Waals surface area contributed by atoms with Crippen molar-refractivity contribution < 1.29 is 27.1 Å². The first-order valence-electron chi connectivity index (χ1n) is 8.48. The lowest BCUT2D eigenvalue weighted by atomic mass is 10.2. The van der Waals surface area contributed by atoms with Crippen LogP contribution >= 0.6 is 0 Å². The molecule has 0 unspecified atom stereocenters. The number of carbonyl (C=O) groups is 1. The van der Waals surface area contributed by atoms with Crippen LogP contribution < -0.4 is 10.1 Å². The molecular formula is C19H20FNO5S. The summed E-state index contributed by atoms with van der Waals surface area (Å²) in [5, 5.41) is 2.40. The van der Waals surface area contributed by atoms with Gasteiger partial charge in [-0.1, -0.05) is 6.07 Å². The third kappa shape index (κ3) is 5.05. The summed E-state index contributed by atoms with van der Waals surface area (Å²) in [5.74, 6) is -0.785. The summed E-state index contributed by atoms with van der Waals surface area (Å²) in [4.78, 5) is 12.4. The fourth-order valence-electron chi connectivity index (χ4n) is 2.72. The molecule has 27 heavy (non-hydrogen) atoms. The quantitative estimate of drug-likeness (QED) is 0.763. The first-order valence-corrected chi connectivity index (χ1v) is 10.4. The molecule has 0 aromatic heterocycles. The zero-order valence-electron chi connectivity index (χ0n) is 14.8. The molecule has 1 aliphatic heterocycles. The van der Waals surface area contributed by atoms with E-state index in [0.717, 1.165) is 43.9 Å². The second-order valence-corrected chi connectivity index (χ2v) is 8.36. The zero-order chi connectivity index (χ0) is 19.4. The molecule has 8 heteroatoms. The second kappa shape index (κ2) is 8.06. The van der Waals surface area contributed by atoms with Crippen LogP contribution in [0.4, 0.5) is 10.1 Å². The highest BCUT2D eigenvalue weighted by Gasteiger charge is 2.17. The van der Waals surface area contributed by atoms with E-state index in [1.165, 1.54) is 0 Å². The van der Waals surface area contributed by atoms with E-state index in [1.807, 2.05) is 0 Å². The lowest BCUT2D eigenvalue weighted by molar-refractivity contribution is 0.0679. The Morgan fingerprint density at radius 1 is 1.30 bits per heavy atom. The molecule has 1 fully saturated rings. The molecule has 1 amide bonds.